The first kappa shape index (κ1) is 6.99. The molecule has 1 rings (SSSR count). The van der Waals surface area contributed by atoms with Gasteiger partial charge in [0.15, 0.2) is 0 Å². The van der Waals surface area contributed by atoms with Gasteiger partial charge in [0.2, 0.25) is 0 Å². The lowest BCUT2D eigenvalue weighted by Crippen LogP contribution is -2.34. The van der Waals surface area contributed by atoms with E-state index in [1.165, 1.54) is 0 Å². The van der Waals surface area contributed by atoms with Crippen LogP contribution in [0.25, 0.3) is 0 Å². The number of aliphatic hydroxyl groups is 1. The van der Waals surface area contributed by atoms with Crippen LogP contribution in [0.5, 0.6) is 0 Å². The summed E-state index contributed by atoms with van der Waals surface area (Å²) in [6.45, 7) is 2.95. The molecule has 0 aromatic carbocycles. The van der Waals surface area contributed by atoms with Crippen molar-refractivity contribution < 1.29 is 9.84 Å². The van der Waals surface area contributed by atoms with E-state index in [1.807, 2.05) is 6.92 Å². The van der Waals surface area contributed by atoms with Gasteiger partial charge in [-0.3, -0.25) is 0 Å². The summed E-state index contributed by atoms with van der Waals surface area (Å²) in [5.41, 5.74) is 5.55. The van der Waals surface area contributed by atoms with E-state index in [1.54, 1.807) is 0 Å². The maximum atomic E-state index is 9.15. The van der Waals surface area contributed by atoms with Crippen molar-refractivity contribution in [2.45, 2.75) is 19.1 Å². The third kappa shape index (κ3) is 1.41. The van der Waals surface area contributed by atoms with E-state index in [-0.39, 0.29) is 18.1 Å². The van der Waals surface area contributed by atoms with Gasteiger partial charge >= 0.3 is 0 Å². The average Bonchev–Trinajstić information content (AvgIpc) is 2.13. The largest absolute Gasteiger partial charge is 0.390 e. The molecule has 3 nitrogen and oxygen atoms in total. The number of ether oxygens (including phenoxy) is 1. The van der Waals surface area contributed by atoms with Crippen LogP contribution in [0.4, 0.5) is 0 Å². The summed E-state index contributed by atoms with van der Waals surface area (Å²) >= 11 is 0. The molecule has 0 saturated carbocycles. The number of hydrogen-bond acceptors (Lipinski definition) is 3. The molecule has 54 valence electrons. The molecule has 1 aliphatic heterocycles. The zero-order valence-corrected chi connectivity index (χ0v) is 5.58. The first-order valence-corrected chi connectivity index (χ1v) is 3.23. The zero-order chi connectivity index (χ0) is 6.85. The fourth-order valence-corrected chi connectivity index (χ4v) is 1.06. The molecule has 1 heterocycles. The quantitative estimate of drug-likeness (QED) is 0.496. The zero-order valence-electron chi connectivity index (χ0n) is 5.58. The highest BCUT2D eigenvalue weighted by Gasteiger charge is 2.28. The van der Waals surface area contributed by atoms with Crippen LogP contribution in [0.3, 0.4) is 0 Å². The van der Waals surface area contributed by atoms with Crippen molar-refractivity contribution in [2.24, 2.45) is 11.7 Å². The van der Waals surface area contributed by atoms with Gasteiger partial charge in [-0.2, -0.15) is 0 Å². The standard InChI is InChI=1S/C6H13NO2/c1-4(7)5-2-9-3-6(5)8/h4-6,8H,2-3,7H2,1H3. The second-order valence-electron chi connectivity index (χ2n) is 2.63. The predicted molar refractivity (Wildman–Crippen MR) is 34.0 cm³/mol. The summed E-state index contributed by atoms with van der Waals surface area (Å²) in [6.07, 6.45) is -0.343. The highest BCUT2D eigenvalue weighted by molar-refractivity contribution is 4.80. The van der Waals surface area contributed by atoms with E-state index in [4.69, 9.17) is 15.6 Å². The maximum absolute atomic E-state index is 9.15. The van der Waals surface area contributed by atoms with Gasteiger partial charge in [-0.05, 0) is 6.92 Å². The summed E-state index contributed by atoms with van der Waals surface area (Å²) in [5, 5.41) is 9.15. The van der Waals surface area contributed by atoms with E-state index in [0.29, 0.717) is 13.2 Å². The van der Waals surface area contributed by atoms with Gasteiger partial charge in [0, 0.05) is 12.0 Å². The summed E-state index contributed by atoms with van der Waals surface area (Å²) in [5.74, 6) is 0.144. The molecule has 0 amide bonds. The second-order valence-corrected chi connectivity index (χ2v) is 2.63. The molecule has 3 N–H and O–H groups in total. The van der Waals surface area contributed by atoms with E-state index < -0.39 is 0 Å². The second kappa shape index (κ2) is 2.64. The molecule has 0 aliphatic carbocycles. The summed E-state index contributed by atoms with van der Waals surface area (Å²) < 4.78 is 5.00. The average molecular weight is 131 g/mol. The Morgan fingerprint density at radius 1 is 1.67 bits per heavy atom. The molecule has 0 aromatic rings. The van der Waals surface area contributed by atoms with Crippen LogP contribution >= 0.6 is 0 Å². The van der Waals surface area contributed by atoms with Crippen molar-refractivity contribution in [3.05, 3.63) is 0 Å². The molecule has 3 unspecified atom stereocenters. The lowest BCUT2D eigenvalue weighted by Gasteiger charge is -2.15. The van der Waals surface area contributed by atoms with E-state index in [0.717, 1.165) is 0 Å². The monoisotopic (exact) mass is 131 g/mol. The Labute approximate surface area is 54.8 Å². The molecular formula is C6H13NO2. The lowest BCUT2D eigenvalue weighted by molar-refractivity contribution is 0.115. The van der Waals surface area contributed by atoms with Gasteiger partial charge in [0.25, 0.3) is 0 Å². The van der Waals surface area contributed by atoms with Crippen LogP contribution in [0.15, 0.2) is 0 Å². The molecule has 0 spiro atoms. The highest BCUT2D eigenvalue weighted by atomic mass is 16.5. The number of aliphatic hydroxyl groups excluding tert-OH is 1. The summed E-state index contributed by atoms with van der Waals surface area (Å²) in [7, 11) is 0. The molecule has 1 aliphatic rings. The Morgan fingerprint density at radius 3 is 2.56 bits per heavy atom. The van der Waals surface area contributed by atoms with Crippen molar-refractivity contribution >= 4 is 0 Å². The molecule has 9 heavy (non-hydrogen) atoms. The van der Waals surface area contributed by atoms with Gasteiger partial charge in [-0.15, -0.1) is 0 Å². The minimum atomic E-state index is -0.343. The van der Waals surface area contributed by atoms with Gasteiger partial charge in [0.1, 0.15) is 0 Å². The molecule has 3 atom stereocenters. The Bertz CT molecular complexity index is 95.1. The number of rotatable bonds is 1. The number of hydrogen-bond donors (Lipinski definition) is 2. The Morgan fingerprint density at radius 2 is 2.33 bits per heavy atom. The van der Waals surface area contributed by atoms with Crippen LogP contribution < -0.4 is 5.73 Å². The van der Waals surface area contributed by atoms with Crippen molar-refractivity contribution in [3.63, 3.8) is 0 Å². The van der Waals surface area contributed by atoms with Crippen LogP contribution in [0.1, 0.15) is 6.92 Å². The fraction of sp³-hybridized carbons (Fsp3) is 1.00. The number of nitrogens with two attached hydrogens (primary N) is 1. The molecule has 0 bridgehead atoms. The molecule has 0 radical (unpaired) electrons. The molecule has 0 aromatic heterocycles. The van der Waals surface area contributed by atoms with E-state index in [2.05, 4.69) is 0 Å². The summed E-state index contributed by atoms with van der Waals surface area (Å²) in [6, 6.07) is 0.0440. The first-order valence-electron chi connectivity index (χ1n) is 3.23. The van der Waals surface area contributed by atoms with Crippen LogP contribution in [0, 0.1) is 5.92 Å². The summed E-state index contributed by atoms with van der Waals surface area (Å²) in [4.78, 5) is 0. The van der Waals surface area contributed by atoms with Crippen molar-refractivity contribution in [3.8, 4) is 0 Å². The molecule has 1 saturated heterocycles. The SMILES string of the molecule is CC(N)C1COCC1O. The molecule has 1 fully saturated rings. The normalized spacial score (nSPS) is 39.0. The Kier molecular flexibility index (Phi) is 2.05. The topological polar surface area (TPSA) is 55.5 Å². The van der Waals surface area contributed by atoms with Gasteiger partial charge in [0.05, 0.1) is 19.3 Å². The van der Waals surface area contributed by atoms with Crippen molar-refractivity contribution in [1.29, 1.82) is 0 Å². The predicted octanol–water partition coefficient (Wildman–Crippen LogP) is -0.659. The van der Waals surface area contributed by atoms with Crippen LogP contribution in [0.2, 0.25) is 0 Å². The minimum absolute atomic E-state index is 0.0440. The smallest absolute Gasteiger partial charge is 0.0838 e. The van der Waals surface area contributed by atoms with Gasteiger partial charge < -0.3 is 15.6 Å². The maximum Gasteiger partial charge on any atom is 0.0838 e. The van der Waals surface area contributed by atoms with Gasteiger partial charge in [-0.1, -0.05) is 0 Å². The van der Waals surface area contributed by atoms with Crippen LogP contribution in [-0.4, -0.2) is 30.5 Å². The lowest BCUT2D eigenvalue weighted by atomic mass is 9.99. The first-order chi connectivity index (χ1) is 4.22. The third-order valence-electron chi connectivity index (χ3n) is 1.77. The fourth-order valence-electron chi connectivity index (χ4n) is 1.06. The Hall–Kier alpha value is -0.120. The van der Waals surface area contributed by atoms with Crippen LogP contribution in [-0.2, 0) is 4.74 Å². The third-order valence-corrected chi connectivity index (χ3v) is 1.77. The highest BCUT2D eigenvalue weighted by Crippen LogP contribution is 2.15. The molecule has 3 heteroatoms. The van der Waals surface area contributed by atoms with E-state index >= 15 is 0 Å². The van der Waals surface area contributed by atoms with E-state index in [9.17, 15) is 0 Å². The van der Waals surface area contributed by atoms with Crippen molar-refractivity contribution in [1.82, 2.24) is 0 Å². The van der Waals surface area contributed by atoms with Gasteiger partial charge in [-0.25, -0.2) is 0 Å². The molecular weight excluding hydrogens is 118 g/mol. The Balaban J connectivity index is 2.40. The minimum Gasteiger partial charge on any atom is -0.390 e. The van der Waals surface area contributed by atoms with Crippen molar-refractivity contribution in [2.75, 3.05) is 13.2 Å².